The molecule has 2 rings (SSSR count). The molecule has 0 radical (unpaired) electrons. The molecule has 1 unspecified atom stereocenters. The normalized spacial score (nSPS) is 13.3. The summed E-state index contributed by atoms with van der Waals surface area (Å²) >= 11 is 3.04. The molecule has 1 nitrogen and oxygen atoms in total. The highest BCUT2D eigenvalue weighted by Crippen LogP contribution is 2.34. The minimum absolute atomic E-state index is 0.155. The molecule has 0 saturated heterocycles. The van der Waals surface area contributed by atoms with E-state index in [1.807, 2.05) is 0 Å². The number of benzene rings is 2. The van der Waals surface area contributed by atoms with Gasteiger partial charge >= 0.3 is 6.18 Å². The summed E-state index contributed by atoms with van der Waals surface area (Å²) < 4.78 is 64.9. The van der Waals surface area contributed by atoms with Crippen molar-refractivity contribution in [2.45, 2.75) is 12.3 Å². The molecule has 0 fully saturated rings. The highest BCUT2D eigenvalue weighted by molar-refractivity contribution is 9.10. The van der Waals surface area contributed by atoms with Crippen LogP contribution >= 0.6 is 15.9 Å². The second-order valence-electron chi connectivity index (χ2n) is 4.31. The standard InChI is InChI=1S/C14H8BrF5O/c15-8-2-3-9(11(16)6-8)13(21)7-1-4-10(12(17)5-7)14(18,19)20/h1-6,13,21H. The minimum atomic E-state index is -4.82. The van der Waals surface area contributed by atoms with E-state index in [1.165, 1.54) is 12.1 Å². The van der Waals surface area contributed by atoms with Gasteiger partial charge in [0, 0.05) is 10.0 Å². The molecule has 0 heterocycles. The zero-order valence-corrected chi connectivity index (χ0v) is 11.8. The molecule has 2 aromatic rings. The second kappa shape index (κ2) is 5.73. The van der Waals surface area contributed by atoms with Crippen LogP contribution in [0.25, 0.3) is 0 Å². The largest absolute Gasteiger partial charge is 0.419 e. The van der Waals surface area contributed by atoms with Crippen LogP contribution < -0.4 is 0 Å². The first-order valence-corrected chi connectivity index (χ1v) is 6.49. The monoisotopic (exact) mass is 366 g/mol. The van der Waals surface area contributed by atoms with Crippen LogP contribution in [0.1, 0.15) is 22.8 Å². The van der Waals surface area contributed by atoms with Crippen LogP contribution in [-0.2, 0) is 6.18 Å². The fraction of sp³-hybridized carbons (Fsp3) is 0.143. The first-order chi connectivity index (χ1) is 9.70. The van der Waals surface area contributed by atoms with E-state index in [0.717, 1.165) is 12.1 Å². The first-order valence-electron chi connectivity index (χ1n) is 5.70. The van der Waals surface area contributed by atoms with E-state index < -0.39 is 29.5 Å². The Bertz CT molecular complexity index is 669. The summed E-state index contributed by atoms with van der Waals surface area (Å²) in [7, 11) is 0. The fourth-order valence-corrected chi connectivity index (χ4v) is 2.17. The summed E-state index contributed by atoms with van der Waals surface area (Å²) in [6.07, 6.45) is -6.38. The van der Waals surface area contributed by atoms with Gasteiger partial charge in [-0.15, -0.1) is 0 Å². The number of aliphatic hydroxyl groups excluding tert-OH is 1. The van der Waals surface area contributed by atoms with Crippen molar-refractivity contribution in [2.75, 3.05) is 0 Å². The summed E-state index contributed by atoms with van der Waals surface area (Å²) in [6, 6.07) is 5.80. The van der Waals surface area contributed by atoms with Gasteiger partial charge in [-0.25, -0.2) is 8.78 Å². The summed E-state index contributed by atoms with van der Waals surface area (Å²) in [6.45, 7) is 0. The van der Waals surface area contributed by atoms with Crippen molar-refractivity contribution in [1.82, 2.24) is 0 Å². The van der Waals surface area contributed by atoms with Gasteiger partial charge in [-0.2, -0.15) is 13.2 Å². The maximum absolute atomic E-state index is 13.7. The average molecular weight is 367 g/mol. The number of alkyl halides is 3. The molecule has 112 valence electrons. The zero-order valence-electron chi connectivity index (χ0n) is 10.3. The number of rotatable bonds is 2. The smallest absolute Gasteiger partial charge is 0.384 e. The van der Waals surface area contributed by atoms with Crippen LogP contribution in [-0.4, -0.2) is 5.11 Å². The Labute approximate surface area is 125 Å². The Hall–Kier alpha value is -1.47. The van der Waals surface area contributed by atoms with Gasteiger partial charge in [-0.3, -0.25) is 0 Å². The van der Waals surface area contributed by atoms with Gasteiger partial charge in [0.1, 0.15) is 17.7 Å². The van der Waals surface area contributed by atoms with Crippen molar-refractivity contribution in [1.29, 1.82) is 0 Å². The van der Waals surface area contributed by atoms with E-state index in [2.05, 4.69) is 15.9 Å². The zero-order chi connectivity index (χ0) is 15.8. The van der Waals surface area contributed by atoms with Gasteiger partial charge in [-0.05, 0) is 29.8 Å². The summed E-state index contributed by atoms with van der Waals surface area (Å²) in [5.74, 6) is -2.27. The van der Waals surface area contributed by atoms with Crippen molar-refractivity contribution < 1.29 is 27.1 Å². The Morgan fingerprint density at radius 2 is 1.62 bits per heavy atom. The Kier molecular flexibility index (Phi) is 4.34. The van der Waals surface area contributed by atoms with Crippen LogP contribution in [0.3, 0.4) is 0 Å². The van der Waals surface area contributed by atoms with Crippen LogP contribution in [0, 0.1) is 11.6 Å². The molecule has 0 bridgehead atoms. The van der Waals surface area contributed by atoms with E-state index >= 15 is 0 Å². The Balaban J connectivity index is 2.40. The topological polar surface area (TPSA) is 20.2 Å². The molecule has 0 aliphatic carbocycles. The highest BCUT2D eigenvalue weighted by atomic mass is 79.9. The number of aliphatic hydroxyl groups is 1. The molecule has 0 amide bonds. The van der Waals surface area contributed by atoms with Gasteiger partial charge in [0.2, 0.25) is 0 Å². The molecule has 0 spiro atoms. The van der Waals surface area contributed by atoms with E-state index in [9.17, 15) is 27.1 Å². The predicted octanol–water partition coefficient (Wildman–Crippen LogP) is 4.83. The van der Waals surface area contributed by atoms with Crippen molar-refractivity contribution >= 4 is 15.9 Å². The fourth-order valence-electron chi connectivity index (χ4n) is 1.83. The van der Waals surface area contributed by atoms with E-state index in [1.54, 1.807) is 0 Å². The molecule has 0 aliphatic heterocycles. The van der Waals surface area contributed by atoms with Gasteiger partial charge < -0.3 is 5.11 Å². The van der Waals surface area contributed by atoms with Crippen LogP contribution in [0.4, 0.5) is 22.0 Å². The quantitative estimate of drug-likeness (QED) is 0.755. The predicted molar refractivity (Wildman–Crippen MR) is 69.6 cm³/mol. The number of halogens is 6. The second-order valence-corrected chi connectivity index (χ2v) is 5.22. The lowest BCUT2D eigenvalue weighted by Crippen LogP contribution is -2.10. The minimum Gasteiger partial charge on any atom is -0.384 e. The first kappa shape index (κ1) is 15.9. The molecule has 7 heteroatoms. The van der Waals surface area contributed by atoms with Crippen molar-refractivity contribution in [2.24, 2.45) is 0 Å². The lowest BCUT2D eigenvalue weighted by atomic mass is 9.99. The van der Waals surface area contributed by atoms with E-state index in [-0.39, 0.29) is 11.1 Å². The molecule has 21 heavy (non-hydrogen) atoms. The van der Waals surface area contributed by atoms with Crippen molar-refractivity contribution in [3.05, 3.63) is 69.2 Å². The summed E-state index contributed by atoms with van der Waals surface area (Å²) in [5.41, 5.74) is -1.76. The van der Waals surface area contributed by atoms with Gasteiger partial charge in [0.25, 0.3) is 0 Å². The van der Waals surface area contributed by atoms with Gasteiger partial charge in [0.15, 0.2) is 0 Å². The molecule has 2 aromatic carbocycles. The third kappa shape index (κ3) is 3.41. The molecular formula is C14H8BrF5O. The third-order valence-electron chi connectivity index (χ3n) is 2.87. The molecule has 0 saturated carbocycles. The molecule has 0 aromatic heterocycles. The van der Waals surface area contributed by atoms with E-state index in [0.29, 0.717) is 16.6 Å². The van der Waals surface area contributed by atoms with Crippen LogP contribution in [0.5, 0.6) is 0 Å². The van der Waals surface area contributed by atoms with Gasteiger partial charge in [-0.1, -0.05) is 28.1 Å². The lowest BCUT2D eigenvalue weighted by molar-refractivity contribution is -0.140. The van der Waals surface area contributed by atoms with Crippen molar-refractivity contribution in [3.63, 3.8) is 0 Å². The SMILES string of the molecule is OC(c1ccc(C(F)(F)F)c(F)c1)c1ccc(Br)cc1F. The molecule has 1 atom stereocenters. The van der Waals surface area contributed by atoms with Crippen LogP contribution in [0.15, 0.2) is 40.9 Å². The van der Waals surface area contributed by atoms with Crippen molar-refractivity contribution in [3.8, 4) is 0 Å². The van der Waals surface area contributed by atoms with E-state index in [4.69, 9.17) is 0 Å². The Morgan fingerprint density at radius 3 is 2.14 bits per heavy atom. The highest BCUT2D eigenvalue weighted by Gasteiger charge is 2.34. The van der Waals surface area contributed by atoms with Crippen LogP contribution in [0.2, 0.25) is 0 Å². The lowest BCUT2D eigenvalue weighted by Gasteiger charge is -2.15. The summed E-state index contributed by atoms with van der Waals surface area (Å²) in [4.78, 5) is 0. The Morgan fingerprint density at radius 1 is 0.952 bits per heavy atom. The molecular weight excluding hydrogens is 359 g/mol. The maximum Gasteiger partial charge on any atom is 0.419 e. The third-order valence-corrected chi connectivity index (χ3v) is 3.36. The summed E-state index contributed by atoms with van der Waals surface area (Å²) in [5, 5.41) is 9.98. The van der Waals surface area contributed by atoms with Gasteiger partial charge in [0.05, 0.1) is 5.56 Å². The molecule has 1 N–H and O–H groups in total. The average Bonchev–Trinajstić information content (AvgIpc) is 2.36. The number of hydrogen-bond donors (Lipinski definition) is 1. The number of hydrogen-bond acceptors (Lipinski definition) is 1. The molecule has 0 aliphatic rings. The maximum atomic E-state index is 13.7.